The van der Waals surface area contributed by atoms with Gasteiger partial charge in [0, 0.05) is 10.2 Å². The molecule has 0 radical (unpaired) electrons. The number of hydrogen-bond acceptors (Lipinski definition) is 4. The van der Waals surface area contributed by atoms with Gasteiger partial charge in [-0.15, -0.1) is 0 Å². The third-order valence-corrected chi connectivity index (χ3v) is 5.19. The van der Waals surface area contributed by atoms with Crippen LogP contribution in [0.25, 0.3) is 10.9 Å². The highest BCUT2D eigenvalue weighted by molar-refractivity contribution is 9.10. The van der Waals surface area contributed by atoms with Gasteiger partial charge in [0.1, 0.15) is 0 Å². The van der Waals surface area contributed by atoms with E-state index in [-0.39, 0.29) is 5.56 Å². The third kappa shape index (κ3) is 3.28. The van der Waals surface area contributed by atoms with E-state index in [0.29, 0.717) is 16.1 Å². The van der Waals surface area contributed by atoms with Gasteiger partial charge in [-0.3, -0.25) is 4.79 Å². The van der Waals surface area contributed by atoms with E-state index < -0.39 is 0 Å². The summed E-state index contributed by atoms with van der Waals surface area (Å²) >= 11 is 4.84. The zero-order valence-corrected chi connectivity index (χ0v) is 15.2. The molecular formula is C17H16BrN3OS. The second kappa shape index (κ2) is 6.37. The van der Waals surface area contributed by atoms with Crippen molar-refractivity contribution in [1.82, 2.24) is 9.66 Å². The van der Waals surface area contributed by atoms with Crippen LogP contribution >= 0.6 is 27.7 Å². The molecule has 4 nitrogen and oxygen atoms in total. The smallest absolute Gasteiger partial charge is 0.280 e. The monoisotopic (exact) mass is 389 g/mol. The Labute approximate surface area is 146 Å². The number of nitrogen functional groups attached to an aromatic ring is 1. The van der Waals surface area contributed by atoms with Gasteiger partial charge in [0.25, 0.3) is 5.56 Å². The Balaban J connectivity index is 1.97. The fourth-order valence-electron chi connectivity index (χ4n) is 2.35. The molecular weight excluding hydrogens is 374 g/mol. The lowest BCUT2D eigenvalue weighted by atomic mass is 10.1. The molecule has 0 aliphatic rings. The number of benzene rings is 2. The maximum Gasteiger partial charge on any atom is 0.280 e. The van der Waals surface area contributed by atoms with Crippen molar-refractivity contribution in [3.05, 3.63) is 67.9 Å². The molecule has 2 N–H and O–H groups in total. The van der Waals surface area contributed by atoms with E-state index in [1.54, 1.807) is 6.07 Å². The SMILES string of the molecule is Cc1ccc(C)c(CSc2nc3ccc(Br)cc3c(=O)n2N)c1. The Kier molecular flexibility index (Phi) is 4.46. The van der Waals surface area contributed by atoms with Gasteiger partial charge in [0.2, 0.25) is 0 Å². The minimum atomic E-state index is -0.236. The van der Waals surface area contributed by atoms with Gasteiger partial charge in [-0.1, -0.05) is 51.5 Å². The molecule has 118 valence electrons. The van der Waals surface area contributed by atoms with Crippen LogP contribution in [0.2, 0.25) is 0 Å². The molecule has 0 saturated carbocycles. The fraction of sp³-hybridized carbons (Fsp3) is 0.176. The predicted molar refractivity (Wildman–Crippen MR) is 99.3 cm³/mol. The summed E-state index contributed by atoms with van der Waals surface area (Å²) in [6.07, 6.45) is 0. The summed E-state index contributed by atoms with van der Waals surface area (Å²) in [4.78, 5) is 16.9. The summed E-state index contributed by atoms with van der Waals surface area (Å²) in [7, 11) is 0. The number of fused-ring (bicyclic) bond motifs is 1. The lowest BCUT2D eigenvalue weighted by molar-refractivity contribution is 0.779. The summed E-state index contributed by atoms with van der Waals surface area (Å²) in [5, 5.41) is 1.03. The average Bonchev–Trinajstić information content (AvgIpc) is 2.53. The number of nitrogens with zero attached hydrogens (tertiary/aromatic N) is 2. The first-order chi connectivity index (χ1) is 11.0. The minimum absolute atomic E-state index is 0.236. The van der Waals surface area contributed by atoms with Crippen LogP contribution in [0.5, 0.6) is 0 Å². The number of rotatable bonds is 3. The highest BCUT2D eigenvalue weighted by Crippen LogP contribution is 2.24. The molecule has 0 spiro atoms. The first-order valence-electron chi connectivity index (χ1n) is 7.12. The predicted octanol–water partition coefficient (Wildman–Crippen LogP) is 3.78. The molecule has 3 aromatic rings. The van der Waals surface area contributed by atoms with Crippen molar-refractivity contribution in [2.45, 2.75) is 24.8 Å². The standard InChI is InChI=1S/C17H16BrN3OS/c1-10-3-4-11(2)12(7-10)9-23-17-20-15-6-5-13(18)8-14(15)16(22)21(17)19/h3-8H,9,19H2,1-2H3. The van der Waals surface area contributed by atoms with Gasteiger partial charge in [-0.25, -0.2) is 9.66 Å². The molecule has 1 heterocycles. The number of aryl methyl sites for hydroxylation is 2. The van der Waals surface area contributed by atoms with E-state index in [2.05, 4.69) is 53.0 Å². The van der Waals surface area contributed by atoms with Crippen LogP contribution in [0, 0.1) is 13.8 Å². The Morgan fingerprint density at radius 3 is 2.78 bits per heavy atom. The van der Waals surface area contributed by atoms with Crippen LogP contribution in [-0.4, -0.2) is 9.66 Å². The van der Waals surface area contributed by atoms with Gasteiger partial charge in [-0.2, -0.15) is 0 Å². The summed E-state index contributed by atoms with van der Waals surface area (Å²) in [6, 6.07) is 11.8. The van der Waals surface area contributed by atoms with E-state index in [4.69, 9.17) is 5.84 Å². The molecule has 0 amide bonds. The quantitative estimate of drug-likeness (QED) is 0.420. The number of nitrogens with two attached hydrogens (primary N) is 1. The molecule has 0 unspecified atom stereocenters. The zero-order chi connectivity index (χ0) is 16.6. The second-order valence-corrected chi connectivity index (χ2v) is 7.31. The van der Waals surface area contributed by atoms with Gasteiger partial charge >= 0.3 is 0 Å². The number of hydrogen-bond donors (Lipinski definition) is 1. The van der Waals surface area contributed by atoms with Crippen LogP contribution in [0.15, 0.2) is 50.8 Å². The minimum Gasteiger partial charge on any atom is -0.334 e. The second-order valence-electron chi connectivity index (χ2n) is 5.45. The highest BCUT2D eigenvalue weighted by atomic mass is 79.9. The van der Waals surface area contributed by atoms with Crippen LogP contribution in [0.1, 0.15) is 16.7 Å². The normalized spacial score (nSPS) is 11.1. The van der Waals surface area contributed by atoms with E-state index in [0.717, 1.165) is 14.9 Å². The average molecular weight is 390 g/mol. The van der Waals surface area contributed by atoms with Gasteiger partial charge < -0.3 is 5.84 Å². The molecule has 3 rings (SSSR count). The van der Waals surface area contributed by atoms with E-state index in [1.165, 1.54) is 28.5 Å². The Bertz CT molecular complexity index is 952. The van der Waals surface area contributed by atoms with E-state index in [9.17, 15) is 4.79 Å². The van der Waals surface area contributed by atoms with Crippen molar-refractivity contribution in [2.24, 2.45) is 0 Å². The maximum atomic E-state index is 12.4. The maximum absolute atomic E-state index is 12.4. The highest BCUT2D eigenvalue weighted by Gasteiger charge is 2.11. The van der Waals surface area contributed by atoms with Crippen LogP contribution in [0.3, 0.4) is 0 Å². The summed E-state index contributed by atoms with van der Waals surface area (Å²) in [5.41, 5.74) is 4.08. The molecule has 0 saturated heterocycles. The van der Waals surface area contributed by atoms with Crippen molar-refractivity contribution < 1.29 is 0 Å². The van der Waals surface area contributed by atoms with E-state index >= 15 is 0 Å². The van der Waals surface area contributed by atoms with Gasteiger partial charge in [0.05, 0.1) is 10.9 Å². The van der Waals surface area contributed by atoms with E-state index in [1.807, 2.05) is 12.1 Å². The summed E-state index contributed by atoms with van der Waals surface area (Å²) < 4.78 is 1.96. The molecule has 2 aromatic carbocycles. The molecule has 0 aliphatic heterocycles. The van der Waals surface area contributed by atoms with Crippen molar-refractivity contribution in [3.8, 4) is 0 Å². The molecule has 0 atom stereocenters. The van der Waals surface area contributed by atoms with Crippen molar-refractivity contribution in [3.63, 3.8) is 0 Å². The van der Waals surface area contributed by atoms with Crippen molar-refractivity contribution >= 4 is 38.6 Å². The number of thioether (sulfide) groups is 1. The lowest BCUT2D eigenvalue weighted by Crippen LogP contribution is -2.29. The first kappa shape index (κ1) is 16.1. The molecule has 0 aliphatic carbocycles. The van der Waals surface area contributed by atoms with Gasteiger partial charge in [-0.05, 0) is 43.2 Å². The molecule has 0 fully saturated rings. The molecule has 1 aromatic heterocycles. The van der Waals surface area contributed by atoms with Gasteiger partial charge in [0.15, 0.2) is 5.16 Å². The summed E-state index contributed by atoms with van der Waals surface area (Å²) in [5.74, 6) is 6.66. The van der Waals surface area contributed by atoms with Crippen LogP contribution < -0.4 is 11.4 Å². The molecule has 23 heavy (non-hydrogen) atoms. The molecule has 6 heteroatoms. The first-order valence-corrected chi connectivity index (χ1v) is 8.90. The Morgan fingerprint density at radius 2 is 2.00 bits per heavy atom. The topological polar surface area (TPSA) is 60.9 Å². The molecule has 0 bridgehead atoms. The van der Waals surface area contributed by atoms with Crippen molar-refractivity contribution in [2.75, 3.05) is 5.84 Å². The number of aromatic nitrogens is 2. The lowest BCUT2D eigenvalue weighted by Gasteiger charge is -2.10. The van der Waals surface area contributed by atoms with Crippen molar-refractivity contribution in [1.29, 1.82) is 0 Å². The Morgan fingerprint density at radius 1 is 1.22 bits per heavy atom. The van der Waals surface area contributed by atoms with Crippen LogP contribution in [-0.2, 0) is 5.75 Å². The number of halogens is 1. The Hall–Kier alpha value is -1.79. The summed E-state index contributed by atoms with van der Waals surface area (Å²) in [6.45, 7) is 4.15. The third-order valence-electron chi connectivity index (χ3n) is 3.69. The van der Waals surface area contributed by atoms with Crippen LogP contribution in [0.4, 0.5) is 0 Å². The fourth-order valence-corrected chi connectivity index (χ4v) is 3.69. The largest absolute Gasteiger partial charge is 0.334 e. The zero-order valence-electron chi connectivity index (χ0n) is 12.8.